The molecular formula is C10H8N2O4. The standard InChI is InChI=1S/C10H8N2O4/c1-5-8(10(15)16)7-4-6(9(13)14)2-3-12(7)11-5/h2-4H,1H3,(H,13,14)(H,15,16). The van der Waals surface area contributed by atoms with Crippen molar-refractivity contribution in [3.8, 4) is 0 Å². The summed E-state index contributed by atoms with van der Waals surface area (Å²) < 4.78 is 1.35. The van der Waals surface area contributed by atoms with Crippen LogP contribution in [0.25, 0.3) is 5.52 Å². The molecule has 0 radical (unpaired) electrons. The molecule has 0 aliphatic rings. The fraction of sp³-hybridized carbons (Fsp3) is 0.100. The van der Waals surface area contributed by atoms with Crippen molar-refractivity contribution in [1.29, 1.82) is 0 Å². The number of nitrogens with zero attached hydrogens (tertiary/aromatic N) is 2. The molecule has 0 atom stereocenters. The molecule has 2 rings (SSSR count). The van der Waals surface area contributed by atoms with Crippen LogP contribution in [0.15, 0.2) is 18.3 Å². The summed E-state index contributed by atoms with van der Waals surface area (Å²) in [7, 11) is 0. The van der Waals surface area contributed by atoms with Crippen molar-refractivity contribution in [1.82, 2.24) is 9.61 Å². The van der Waals surface area contributed by atoms with Gasteiger partial charge >= 0.3 is 11.9 Å². The summed E-state index contributed by atoms with van der Waals surface area (Å²) in [6, 6.07) is 2.67. The second-order valence-corrected chi connectivity index (χ2v) is 3.32. The van der Waals surface area contributed by atoms with E-state index in [0.717, 1.165) is 0 Å². The Labute approximate surface area is 89.7 Å². The SMILES string of the molecule is Cc1nn2ccc(C(=O)O)cc2c1C(=O)O. The monoisotopic (exact) mass is 220 g/mol. The zero-order valence-corrected chi connectivity index (χ0v) is 8.34. The number of hydrogen-bond acceptors (Lipinski definition) is 3. The molecule has 6 nitrogen and oxygen atoms in total. The summed E-state index contributed by atoms with van der Waals surface area (Å²) >= 11 is 0. The van der Waals surface area contributed by atoms with Crippen molar-refractivity contribution < 1.29 is 19.8 Å². The molecule has 16 heavy (non-hydrogen) atoms. The maximum absolute atomic E-state index is 11.0. The molecule has 0 fully saturated rings. The van der Waals surface area contributed by atoms with Crippen LogP contribution >= 0.6 is 0 Å². The van der Waals surface area contributed by atoms with Crippen molar-refractivity contribution in [3.63, 3.8) is 0 Å². The Morgan fingerprint density at radius 3 is 2.56 bits per heavy atom. The summed E-state index contributed by atoms with van der Waals surface area (Å²) in [5.41, 5.74) is 0.706. The molecule has 2 N–H and O–H groups in total. The lowest BCUT2D eigenvalue weighted by Crippen LogP contribution is -2.00. The highest BCUT2D eigenvalue weighted by molar-refractivity contribution is 5.98. The van der Waals surface area contributed by atoms with Crippen LogP contribution in [-0.2, 0) is 0 Å². The lowest BCUT2D eigenvalue weighted by molar-refractivity contribution is 0.0684. The summed E-state index contributed by atoms with van der Waals surface area (Å²) in [6.07, 6.45) is 1.43. The van der Waals surface area contributed by atoms with E-state index >= 15 is 0 Å². The molecule has 0 aliphatic carbocycles. The van der Waals surface area contributed by atoms with Crippen LogP contribution in [0.3, 0.4) is 0 Å². The highest BCUT2D eigenvalue weighted by atomic mass is 16.4. The molecule has 0 saturated carbocycles. The molecule has 0 aliphatic heterocycles. The lowest BCUT2D eigenvalue weighted by Gasteiger charge is -1.97. The molecule has 0 aromatic carbocycles. The van der Waals surface area contributed by atoms with Gasteiger partial charge in [-0.3, -0.25) is 0 Å². The van der Waals surface area contributed by atoms with Gasteiger partial charge in [-0.15, -0.1) is 0 Å². The van der Waals surface area contributed by atoms with E-state index in [1.165, 1.54) is 22.8 Å². The van der Waals surface area contributed by atoms with E-state index in [1.807, 2.05) is 0 Å². The van der Waals surface area contributed by atoms with Crippen LogP contribution in [0.2, 0.25) is 0 Å². The fourth-order valence-corrected chi connectivity index (χ4v) is 1.56. The van der Waals surface area contributed by atoms with Gasteiger partial charge in [0.2, 0.25) is 0 Å². The average molecular weight is 220 g/mol. The Morgan fingerprint density at radius 2 is 2.00 bits per heavy atom. The molecule has 0 amide bonds. The molecule has 82 valence electrons. The number of pyridine rings is 1. The number of aromatic carboxylic acids is 2. The van der Waals surface area contributed by atoms with Crippen LogP contribution < -0.4 is 0 Å². The van der Waals surface area contributed by atoms with E-state index in [4.69, 9.17) is 10.2 Å². The topological polar surface area (TPSA) is 91.9 Å². The Hall–Kier alpha value is -2.37. The second-order valence-electron chi connectivity index (χ2n) is 3.32. The number of aryl methyl sites for hydroxylation is 1. The molecule has 2 aromatic heterocycles. The van der Waals surface area contributed by atoms with Crippen molar-refractivity contribution in [2.75, 3.05) is 0 Å². The third-order valence-corrected chi connectivity index (χ3v) is 2.27. The van der Waals surface area contributed by atoms with Gasteiger partial charge < -0.3 is 10.2 Å². The van der Waals surface area contributed by atoms with Gasteiger partial charge in [0.1, 0.15) is 5.56 Å². The molecule has 0 saturated heterocycles. The molecule has 0 bridgehead atoms. The van der Waals surface area contributed by atoms with Gasteiger partial charge in [-0.1, -0.05) is 0 Å². The highest BCUT2D eigenvalue weighted by Gasteiger charge is 2.17. The molecule has 2 aromatic rings. The van der Waals surface area contributed by atoms with Crippen molar-refractivity contribution in [2.24, 2.45) is 0 Å². The van der Waals surface area contributed by atoms with Gasteiger partial charge in [-0.05, 0) is 19.1 Å². The van der Waals surface area contributed by atoms with E-state index < -0.39 is 11.9 Å². The van der Waals surface area contributed by atoms with Crippen LogP contribution in [0.5, 0.6) is 0 Å². The van der Waals surface area contributed by atoms with E-state index in [2.05, 4.69) is 5.10 Å². The second kappa shape index (κ2) is 3.34. The van der Waals surface area contributed by atoms with Crippen molar-refractivity contribution >= 4 is 17.5 Å². The Balaban J connectivity index is 2.79. The first-order valence-corrected chi connectivity index (χ1v) is 4.46. The predicted molar refractivity (Wildman–Crippen MR) is 53.8 cm³/mol. The Bertz CT molecular complexity index is 600. The van der Waals surface area contributed by atoms with E-state index in [9.17, 15) is 9.59 Å². The van der Waals surface area contributed by atoms with E-state index in [-0.39, 0.29) is 16.6 Å². The van der Waals surface area contributed by atoms with E-state index in [0.29, 0.717) is 5.69 Å². The minimum Gasteiger partial charge on any atom is -0.478 e. The third-order valence-electron chi connectivity index (χ3n) is 2.27. The Morgan fingerprint density at radius 1 is 1.31 bits per heavy atom. The summed E-state index contributed by atoms with van der Waals surface area (Å²) in [5, 5.41) is 21.8. The zero-order chi connectivity index (χ0) is 11.9. The van der Waals surface area contributed by atoms with Crippen LogP contribution in [0, 0.1) is 6.92 Å². The smallest absolute Gasteiger partial charge is 0.339 e. The summed E-state index contributed by atoms with van der Waals surface area (Å²) in [5.74, 6) is -2.22. The number of carbonyl (C=O) groups is 2. The Kier molecular flexibility index (Phi) is 2.12. The maximum atomic E-state index is 11.0. The molecule has 2 heterocycles. The number of aromatic nitrogens is 2. The third kappa shape index (κ3) is 1.40. The molecule has 0 unspecified atom stereocenters. The molecular weight excluding hydrogens is 212 g/mol. The van der Waals surface area contributed by atoms with Gasteiger partial charge in [-0.25, -0.2) is 14.1 Å². The van der Waals surface area contributed by atoms with Gasteiger partial charge in [0.05, 0.1) is 16.8 Å². The largest absolute Gasteiger partial charge is 0.478 e. The lowest BCUT2D eigenvalue weighted by atomic mass is 10.1. The quantitative estimate of drug-likeness (QED) is 0.788. The summed E-state index contributed by atoms with van der Waals surface area (Å²) in [6.45, 7) is 1.57. The van der Waals surface area contributed by atoms with Crippen LogP contribution in [0.1, 0.15) is 26.4 Å². The van der Waals surface area contributed by atoms with Crippen molar-refractivity contribution in [2.45, 2.75) is 6.92 Å². The van der Waals surface area contributed by atoms with E-state index in [1.54, 1.807) is 6.92 Å². The minimum absolute atomic E-state index is 0.0306. The number of rotatable bonds is 2. The van der Waals surface area contributed by atoms with Crippen LogP contribution in [-0.4, -0.2) is 31.8 Å². The number of carboxylic acid groups (broad SMARTS) is 2. The van der Waals surface area contributed by atoms with Gasteiger partial charge in [0, 0.05) is 6.20 Å². The van der Waals surface area contributed by atoms with Gasteiger partial charge in [-0.2, -0.15) is 5.10 Å². The van der Waals surface area contributed by atoms with Crippen LogP contribution in [0.4, 0.5) is 0 Å². The minimum atomic E-state index is -1.12. The summed E-state index contributed by atoms with van der Waals surface area (Å²) in [4.78, 5) is 21.7. The highest BCUT2D eigenvalue weighted by Crippen LogP contribution is 2.16. The zero-order valence-electron chi connectivity index (χ0n) is 8.34. The van der Waals surface area contributed by atoms with Crippen molar-refractivity contribution in [3.05, 3.63) is 35.2 Å². The molecule has 0 spiro atoms. The number of carboxylic acids is 2. The average Bonchev–Trinajstić information content (AvgIpc) is 2.51. The normalized spacial score (nSPS) is 10.6. The van der Waals surface area contributed by atoms with Gasteiger partial charge in [0.25, 0.3) is 0 Å². The first-order valence-electron chi connectivity index (χ1n) is 4.46. The maximum Gasteiger partial charge on any atom is 0.339 e. The predicted octanol–water partition coefficient (Wildman–Crippen LogP) is 1.04. The first kappa shape index (κ1) is 10.2. The first-order chi connectivity index (χ1) is 7.50. The fourth-order valence-electron chi connectivity index (χ4n) is 1.56. The molecule has 6 heteroatoms. The number of fused-ring (bicyclic) bond motifs is 1. The van der Waals surface area contributed by atoms with Gasteiger partial charge in [0.15, 0.2) is 0 Å². The number of hydrogen-bond donors (Lipinski definition) is 2.